The monoisotopic (exact) mass is 338 g/mol. The molecule has 0 N–H and O–H groups in total. The van der Waals surface area contributed by atoms with Crippen molar-refractivity contribution in [1.82, 2.24) is 9.78 Å². The first-order valence-corrected chi connectivity index (χ1v) is 7.15. The van der Waals surface area contributed by atoms with E-state index in [9.17, 15) is 10.1 Å². The fraction of sp³-hybridized carbons (Fsp3) is 0.308. The van der Waals surface area contributed by atoms with Gasteiger partial charge in [-0.05, 0) is 11.6 Å². The van der Waals surface area contributed by atoms with E-state index in [-0.39, 0.29) is 10.6 Å². The molecule has 6 nitrogen and oxygen atoms in total. The molecule has 2 aromatic rings. The summed E-state index contributed by atoms with van der Waals surface area (Å²) in [7, 11) is 3.68. The summed E-state index contributed by atoms with van der Waals surface area (Å²) in [6, 6.07) is 5.27. The maximum absolute atomic E-state index is 11.2. The van der Waals surface area contributed by atoms with E-state index in [1.54, 1.807) is 23.0 Å². The Morgan fingerprint density at radius 1 is 1.45 bits per heavy atom. The van der Waals surface area contributed by atoms with Crippen LogP contribution in [0.2, 0.25) is 0 Å². The van der Waals surface area contributed by atoms with Crippen LogP contribution in [0.3, 0.4) is 0 Å². The molecule has 0 aliphatic carbocycles. The predicted molar refractivity (Wildman–Crippen MR) is 81.0 cm³/mol. The summed E-state index contributed by atoms with van der Waals surface area (Å²) in [6.07, 6.45) is 3.66. The van der Waals surface area contributed by atoms with Crippen LogP contribution in [0.25, 0.3) is 0 Å². The number of rotatable bonds is 5. The van der Waals surface area contributed by atoms with Gasteiger partial charge >= 0.3 is 0 Å². The molecule has 1 aromatic carbocycles. The summed E-state index contributed by atoms with van der Waals surface area (Å²) in [5, 5.41) is 15.9. The number of aromatic nitrogens is 2. The molecule has 2 rings (SSSR count). The van der Waals surface area contributed by atoms with Gasteiger partial charge in [0.1, 0.15) is 5.69 Å². The number of aryl methyl sites for hydroxylation is 1. The Morgan fingerprint density at radius 3 is 2.75 bits per heavy atom. The lowest BCUT2D eigenvalue weighted by Gasteiger charge is -2.18. The van der Waals surface area contributed by atoms with Gasteiger partial charge in [0, 0.05) is 43.8 Å². The fourth-order valence-electron chi connectivity index (χ4n) is 2.03. The summed E-state index contributed by atoms with van der Waals surface area (Å²) in [6.45, 7) is 0.572. The topological polar surface area (TPSA) is 64.2 Å². The quantitative estimate of drug-likeness (QED) is 0.477. The standard InChI is InChI=1S/C13H15BrN4O2/c1-16(8-11-7-15-17(2)9-11)12-4-3-10(6-14)5-13(12)18(19)20/h3-5,7,9H,6,8H2,1-2H3. The molecule has 1 aromatic heterocycles. The molecule has 0 fully saturated rings. The molecule has 20 heavy (non-hydrogen) atoms. The average molecular weight is 339 g/mol. The Hall–Kier alpha value is -1.89. The van der Waals surface area contributed by atoms with Crippen LogP contribution in [0.4, 0.5) is 11.4 Å². The summed E-state index contributed by atoms with van der Waals surface area (Å²) in [4.78, 5) is 12.7. The summed E-state index contributed by atoms with van der Waals surface area (Å²) >= 11 is 3.31. The van der Waals surface area contributed by atoms with Crippen molar-refractivity contribution in [2.45, 2.75) is 11.9 Å². The Bertz CT molecular complexity index is 627. The molecule has 0 amide bonds. The number of hydrogen-bond donors (Lipinski definition) is 0. The molecule has 0 radical (unpaired) electrons. The van der Waals surface area contributed by atoms with Gasteiger partial charge in [0.15, 0.2) is 0 Å². The number of nitrogens with zero attached hydrogens (tertiary/aromatic N) is 4. The molecule has 0 saturated carbocycles. The van der Waals surface area contributed by atoms with Crippen molar-refractivity contribution < 1.29 is 4.92 Å². The lowest BCUT2D eigenvalue weighted by molar-refractivity contribution is -0.384. The Balaban J connectivity index is 2.28. The van der Waals surface area contributed by atoms with Crippen molar-refractivity contribution in [3.05, 3.63) is 51.8 Å². The minimum atomic E-state index is -0.346. The Labute approximate surface area is 125 Å². The normalized spacial score (nSPS) is 10.6. The van der Waals surface area contributed by atoms with E-state index >= 15 is 0 Å². The molecule has 7 heteroatoms. The first-order chi connectivity index (χ1) is 9.51. The van der Waals surface area contributed by atoms with E-state index in [2.05, 4.69) is 21.0 Å². The second-order valence-corrected chi connectivity index (χ2v) is 5.15. The van der Waals surface area contributed by atoms with Gasteiger partial charge in [-0.15, -0.1) is 0 Å². The maximum Gasteiger partial charge on any atom is 0.292 e. The number of anilines is 1. The molecule has 0 bridgehead atoms. The van der Waals surface area contributed by atoms with E-state index in [0.29, 0.717) is 17.6 Å². The van der Waals surface area contributed by atoms with Crippen molar-refractivity contribution in [3.8, 4) is 0 Å². The molecular formula is C13H15BrN4O2. The van der Waals surface area contributed by atoms with Gasteiger partial charge in [0.05, 0.1) is 11.1 Å². The highest BCUT2D eigenvalue weighted by atomic mass is 79.9. The van der Waals surface area contributed by atoms with Gasteiger partial charge in [-0.1, -0.05) is 22.0 Å². The van der Waals surface area contributed by atoms with Crippen LogP contribution < -0.4 is 4.90 Å². The van der Waals surface area contributed by atoms with Crippen molar-refractivity contribution in [2.75, 3.05) is 11.9 Å². The van der Waals surface area contributed by atoms with Crippen molar-refractivity contribution in [3.63, 3.8) is 0 Å². The summed E-state index contributed by atoms with van der Waals surface area (Å²) < 4.78 is 1.71. The third-order valence-corrected chi connectivity index (χ3v) is 3.63. The van der Waals surface area contributed by atoms with E-state index in [4.69, 9.17) is 0 Å². The molecule has 0 aliphatic heterocycles. The maximum atomic E-state index is 11.2. The predicted octanol–water partition coefficient (Wildman–Crippen LogP) is 2.86. The second kappa shape index (κ2) is 6.04. The van der Waals surface area contributed by atoms with Gasteiger partial charge in [-0.2, -0.15) is 5.10 Å². The molecular weight excluding hydrogens is 324 g/mol. The van der Waals surface area contributed by atoms with Gasteiger partial charge in [0.25, 0.3) is 5.69 Å². The highest BCUT2D eigenvalue weighted by molar-refractivity contribution is 9.08. The van der Waals surface area contributed by atoms with Crippen LogP contribution in [0.5, 0.6) is 0 Å². The minimum absolute atomic E-state index is 0.119. The fourth-order valence-corrected chi connectivity index (χ4v) is 2.38. The average Bonchev–Trinajstić information content (AvgIpc) is 2.83. The van der Waals surface area contributed by atoms with E-state index in [1.165, 1.54) is 0 Å². The van der Waals surface area contributed by atoms with E-state index < -0.39 is 0 Å². The molecule has 106 valence electrons. The number of halogens is 1. The molecule has 0 aliphatic rings. The molecule has 0 saturated heterocycles. The zero-order valence-corrected chi connectivity index (χ0v) is 12.9. The molecule has 0 spiro atoms. The number of alkyl halides is 1. The SMILES string of the molecule is CN(Cc1cnn(C)c1)c1ccc(CBr)cc1[N+](=O)[O-]. The first-order valence-electron chi connectivity index (χ1n) is 6.03. The largest absolute Gasteiger partial charge is 0.365 e. The Kier molecular flexibility index (Phi) is 4.39. The van der Waals surface area contributed by atoms with Crippen LogP contribution >= 0.6 is 15.9 Å². The van der Waals surface area contributed by atoms with Crippen LogP contribution in [-0.4, -0.2) is 21.8 Å². The van der Waals surface area contributed by atoms with Crippen molar-refractivity contribution in [2.24, 2.45) is 7.05 Å². The lowest BCUT2D eigenvalue weighted by Crippen LogP contribution is -2.17. The lowest BCUT2D eigenvalue weighted by atomic mass is 10.1. The number of hydrogen-bond acceptors (Lipinski definition) is 4. The van der Waals surface area contributed by atoms with Crippen molar-refractivity contribution >= 4 is 27.3 Å². The summed E-state index contributed by atoms with van der Waals surface area (Å²) in [5.41, 5.74) is 2.61. The second-order valence-electron chi connectivity index (χ2n) is 4.59. The highest BCUT2D eigenvalue weighted by Gasteiger charge is 2.18. The van der Waals surface area contributed by atoms with E-state index in [1.807, 2.05) is 31.3 Å². The van der Waals surface area contributed by atoms with E-state index in [0.717, 1.165) is 11.1 Å². The molecule has 1 heterocycles. The zero-order chi connectivity index (χ0) is 14.7. The van der Waals surface area contributed by atoms with Crippen molar-refractivity contribution in [1.29, 1.82) is 0 Å². The van der Waals surface area contributed by atoms with Gasteiger partial charge < -0.3 is 4.90 Å². The minimum Gasteiger partial charge on any atom is -0.365 e. The smallest absolute Gasteiger partial charge is 0.292 e. The third kappa shape index (κ3) is 3.16. The van der Waals surface area contributed by atoms with Crippen LogP contribution in [0, 0.1) is 10.1 Å². The van der Waals surface area contributed by atoms with Gasteiger partial charge in [-0.3, -0.25) is 14.8 Å². The number of nitro benzene ring substituents is 1. The Morgan fingerprint density at radius 2 is 2.20 bits per heavy atom. The first kappa shape index (κ1) is 14.5. The summed E-state index contributed by atoms with van der Waals surface area (Å²) in [5.74, 6) is 0. The zero-order valence-electron chi connectivity index (χ0n) is 11.3. The third-order valence-electron chi connectivity index (χ3n) is 2.98. The molecule has 0 atom stereocenters. The van der Waals surface area contributed by atoms with Crippen LogP contribution in [0.1, 0.15) is 11.1 Å². The number of benzene rings is 1. The van der Waals surface area contributed by atoms with Gasteiger partial charge in [0.2, 0.25) is 0 Å². The van der Waals surface area contributed by atoms with Gasteiger partial charge in [-0.25, -0.2) is 0 Å². The number of nitro groups is 1. The highest BCUT2D eigenvalue weighted by Crippen LogP contribution is 2.30. The van der Waals surface area contributed by atoms with Crippen LogP contribution in [0.15, 0.2) is 30.6 Å². The van der Waals surface area contributed by atoms with Crippen LogP contribution in [-0.2, 0) is 18.9 Å². The molecule has 0 unspecified atom stereocenters.